The third-order valence-electron chi connectivity index (χ3n) is 3.20. The zero-order chi connectivity index (χ0) is 14.3. The average Bonchev–Trinajstić information content (AvgIpc) is 2.93. The van der Waals surface area contributed by atoms with Gasteiger partial charge in [-0.15, -0.1) is 0 Å². The molecule has 3 rings (SSSR count). The number of aromatic hydroxyl groups is 1. The van der Waals surface area contributed by atoms with Crippen molar-refractivity contribution in [3.05, 3.63) is 34.5 Å². The maximum Gasteiger partial charge on any atom is 0.217 e. The van der Waals surface area contributed by atoms with Gasteiger partial charge in [0, 0.05) is 35.8 Å². The SMILES string of the molecule is CC(C)n1c(O)c(C=C2C=Nc3ccncc32)[nH]c1=S. The number of nitrogens with zero attached hydrogens (tertiary/aromatic N) is 3. The number of aliphatic imine (C=N–C) groups is 1. The van der Waals surface area contributed by atoms with Crippen LogP contribution in [0.15, 0.2) is 23.5 Å². The monoisotopic (exact) mass is 286 g/mol. The number of H-pyrrole nitrogens is 1. The Labute approximate surface area is 121 Å². The van der Waals surface area contributed by atoms with Crippen molar-refractivity contribution in [2.75, 3.05) is 0 Å². The van der Waals surface area contributed by atoms with Crippen molar-refractivity contribution in [3.63, 3.8) is 0 Å². The highest BCUT2D eigenvalue weighted by Crippen LogP contribution is 2.33. The summed E-state index contributed by atoms with van der Waals surface area (Å²) in [5, 5.41) is 10.2. The average molecular weight is 286 g/mol. The van der Waals surface area contributed by atoms with Crippen LogP contribution < -0.4 is 0 Å². The van der Waals surface area contributed by atoms with Gasteiger partial charge < -0.3 is 10.1 Å². The maximum atomic E-state index is 10.2. The van der Waals surface area contributed by atoms with Crippen molar-refractivity contribution < 1.29 is 5.11 Å². The molecule has 2 aromatic rings. The zero-order valence-corrected chi connectivity index (χ0v) is 12.0. The Balaban J connectivity index is 2.10. The van der Waals surface area contributed by atoms with E-state index in [0.29, 0.717) is 10.5 Å². The van der Waals surface area contributed by atoms with E-state index in [0.717, 1.165) is 16.8 Å². The van der Waals surface area contributed by atoms with E-state index in [9.17, 15) is 5.11 Å². The lowest BCUT2D eigenvalue weighted by molar-refractivity contribution is 0.397. The molecule has 2 N–H and O–H groups in total. The Morgan fingerprint density at radius 3 is 2.95 bits per heavy atom. The molecule has 0 spiro atoms. The van der Waals surface area contributed by atoms with Gasteiger partial charge in [-0.25, -0.2) is 0 Å². The fourth-order valence-electron chi connectivity index (χ4n) is 2.24. The summed E-state index contributed by atoms with van der Waals surface area (Å²) < 4.78 is 2.18. The molecule has 6 heteroatoms. The Kier molecular flexibility index (Phi) is 3.02. The highest BCUT2D eigenvalue weighted by molar-refractivity contribution is 7.71. The summed E-state index contributed by atoms with van der Waals surface area (Å²) in [4.78, 5) is 11.4. The highest BCUT2D eigenvalue weighted by atomic mass is 32.1. The number of rotatable bonds is 2. The molecule has 0 radical (unpaired) electrons. The maximum absolute atomic E-state index is 10.2. The lowest BCUT2D eigenvalue weighted by atomic mass is 10.1. The summed E-state index contributed by atoms with van der Waals surface area (Å²) in [7, 11) is 0. The van der Waals surface area contributed by atoms with Crippen LogP contribution in [0.25, 0.3) is 11.6 Å². The van der Waals surface area contributed by atoms with Crippen LogP contribution in [0.5, 0.6) is 5.88 Å². The van der Waals surface area contributed by atoms with Gasteiger partial charge in [-0.05, 0) is 38.2 Å². The summed E-state index contributed by atoms with van der Waals surface area (Å²) in [6.07, 6.45) is 7.06. The van der Waals surface area contributed by atoms with Crippen LogP contribution in [0.1, 0.15) is 31.1 Å². The summed E-state index contributed by atoms with van der Waals surface area (Å²) in [5.74, 6) is 0.142. The van der Waals surface area contributed by atoms with Crippen LogP contribution >= 0.6 is 12.2 Å². The van der Waals surface area contributed by atoms with Crippen LogP contribution in [0, 0.1) is 4.77 Å². The molecular formula is C14H14N4OS. The first-order chi connectivity index (χ1) is 9.58. The van der Waals surface area contributed by atoms with E-state index >= 15 is 0 Å². The zero-order valence-electron chi connectivity index (χ0n) is 11.2. The third kappa shape index (κ3) is 1.98. The fraction of sp³-hybridized carbons (Fsp3) is 0.214. The lowest BCUT2D eigenvalue weighted by Gasteiger charge is -2.07. The molecule has 0 aromatic carbocycles. The minimum absolute atomic E-state index is 0.0945. The molecule has 3 heterocycles. The van der Waals surface area contributed by atoms with E-state index in [1.807, 2.05) is 26.0 Å². The second kappa shape index (κ2) is 4.72. The Morgan fingerprint density at radius 1 is 1.45 bits per heavy atom. The van der Waals surface area contributed by atoms with Gasteiger partial charge in [0.15, 0.2) is 4.77 Å². The Hall–Kier alpha value is -2.21. The van der Waals surface area contributed by atoms with Gasteiger partial charge in [-0.1, -0.05) is 0 Å². The van der Waals surface area contributed by atoms with E-state index in [1.165, 1.54) is 0 Å². The largest absolute Gasteiger partial charge is 0.493 e. The predicted molar refractivity (Wildman–Crippen MR) is 81.9 cm³/mol. The van der Waals surface area contributed by atoms with E-state index in [4.69, 9.17) is 12.2 Å². The second-order valence-electron chi connectivity index (χ2n) is 4.88. The van der Waals surface area contributed by atoms with Gasteiger partial charge in [0.2, 0.25) is 5.88 Å². The van der Waals surface area contributed by atoms with Crippen molar-refractivity contribution in [1.29, 1.82) is 0 Å². The molecule has 0 unspecified atom stereocenters. The molecule has 0 amide bonds. The first-order valence-electron chi connectivity index (χ1n) is 6.31. The van der Waals surface area contributed by atoms with Crippen molar-refractivity contribution in [2.45, 2.75) is 19.9 Å². The molecule has 1 aliphatic rings. The van der Waals surface area contributed by atoms with Crippen LogP contribution in [0.2, 0.25) is 0 Å². The van der Waals surface area contributed by atoms with Crippen LogP contribution in [0.4, 0.5) is 5.69 Å². The summed E-state index contributed by atoms with van der Waals surface area (Å²) >= 11 is 5.23. The fourth-order valence-corrected chi connectivity index (χ4v) is 2.65. The van der Waals surface area contributed by atoms with Crippen LogP contribution in [-0.2, 0) is 0 Å². The Bertz CT molecular complexity index is 783. The number of pyridine rings is 1. The lowest BCUT2D eigenvalue weighted by Crippen LogP contribution is -1.99. The standard InChI is InChI=1S/C14H14N4OS/c1-8(2)18-13(19)12(17-14(18)20)5-9-6-16-11-3-4-15-7-10(9)11/h3-8,19H,1-2H3,(H,17,20). The summed E-state index contributed by atoms with van der Waals surface area (Å²) in [6.45, 7) is 3.94. The van der Waals surface area contributed by atoms with Crippen molar-refractivity contribution >= 4 is 35.8 Å². The molecule has 5 nitrogen and oxygen atoms in total. The number of aromatic amines is 1. The molecule has 0 atom stereocenters. The van der Waals surface area contributed by atoms with E-state index in [-0.39, 0.29) is 11.9 Å². The van der Waals surface area contributed by atoms with Gasteiger partial charge in [0.1, 0.15) is 5.69 Å². The van der Waals surface area contributed by atoms with Gasteiger partial charge >= 0.3 is 0 Å². The third-order valence-corrected chi connectivity index (χ3v) is 3.50. The number of imidazole rings is 1. The summed E-state index contributed by atoms with van der Waals surface area (Å²) in [5.41, 5.74) is 3.31. The van der Waals surface area contributed by atoms with Crippen molar-refractivity contribution in [1.82, 2.24) is 14.5 Å². The number of hydrogen-bond acceptors (Lipinski definition) is 4. The smallest absolute Gasteiger partial charge is 0.217 e. The molecular weight excluding hydrogens is 272 g/mol. The van der Waals surface area contributed by atoms with Gasteiger partial charge in [0.05, 0.1) is 5.69 Å². The molecule has 102 valence electrons. The quantitative estimate of drug-likeness (QED) is 0.831. The van der Waals surface area contributed by atoms with Gasteiger partial charge in [-0.2, -0.15) is 0 Å². The van der Waals surface area contributed by atoms with E-state index in [2.05, 4.69) is 15.0 Å². The van der Waals surface area contributed by atoms with Crippen molar-refractivity contribution in [2.24, 2.45) is 4.99 Å². The molecule has 2 aromatic heterocycles. The minimum Gasteiger partial charge on any atom is -0.493 e. The number of aromatic nitrogens is 3. The molecule has 0 saturated heterocycles. The molecule has 0 fully saturated rings. The van der Waals surface area contributed by atoms with Gasteiger partial charge in [0.25, 0.3) is 0 Å². The molecule has 0 bridgehead atoms. The molecule has 0 saturated carbocycles. The first kappa shape index (κ1) is 12.8. The molecule has 0 aliphatic carbocycles. The van der Waals surface area contributed by atoms with Gasteiger partial charge in [-0.3, -0.25) is 14.5 Å². The predicted octanol–water partition coefficient (Wildman–Crippen LogP) is 3.48. The highest BCUT2D eigenvalue weighted by Gasteiger charge is 2.16. The first-order valence-corrected chi connectivity index (χ1v) is 6.72. The van der Waals surface area contributed by atoms with E-state index < -0.39 is 0 Å². The number of allylic oxidation sites excluding steroid dienone is 1. The topological polar surface area (TPSA) is 66.2 Å². The molecule has 20 heavy (non-hydrogen) atoms. The van der Waals surface area contributed by atoms with Crippen molar-refractivity contribution in [3.8, 4) is 5.88 Å². The number of hydrogen-bond donors (Lipinski definition) is 2. The Morgan fingerprint density at radius 2 is 2.25 bits per heavy atom. The minimum atomic E-state index is 0.0945. The molecule has 1 aliphatic heterocycles. The van der Waals surface area contributed by atoms with Crippen LogP contribution in [-0.4, -0.2) is 25.9 Å². The normalized spacial score (nSPS) is 15.2. The van der Waals surface area contributed by atoms with E-state index in [1.54, 1.807) is 23.2 Å². The number of nitrogens with one attached hydrogen (secondary N) is 1. The van der Waals surface area contributed by atoms with Crippen LogP contribution in [0.3, 0.4) is 0 Å². The summed E-state index contributed by atoms with van der Waals surface area (Å²) in [6, 6.07) is 1.95. The second-order valence-corrected chi connectivity index (χ2v) is 5.27. The number of fused-ring (bicyclic) bond motifs is 1.